The van der Waals surface area contributed by atoms with Crippen molar-refractivity contribution >= 4 is 5.91 Å². The Hall–Kier alpha value is -1.58. The van der Waals surface area contributed by atoms with Crippen LogP contribution in [0, 0.1) is 5.41 Å². The molecule has 1 aliphatic heterocycles. The van der Waals surface area contributed by atoms with Crippen molar-refractivity contribution in [2.45, 2.75) is 33.1 Å². The first-order valence-corrected chi connectivity index (χ1v) is 6.48. The molecular weight excluding hydrogens is 228 g/mol. The number of piperidine rings is 1. The molecule has 0 radical (unpaired) electrons. The van der Waals surface area contributed by atoms with E-state index in [1.165, 1.54) is 12.4 Å². The van der Waals surface area contributed by atoms with E-state index >= 15 is 0 Å². The van der Waals surface area contributed by atoms with Crippen LogP contribution in [0.3, 0.4) is 0 Å². The van der Waals surface area contributed by atoms with E-state index in [0.717, 1.165) is 32.4 Å². The molecule has 1 N–H and O–H groups in total. The van der Waals surface area contributed by atoms with Crippen molar-refractivity contribution in [3.05, 3.63) is 24.0 Å². The Morgan fingerprint density at radius 1 is 1.50 bits per heavy atom. The van der Waals surface area contributed by atoms with Crippen LogP contribution in [0.1, 0.15) is 43.5 Å². The average molecular weight is 248 g/mol. The van der Waals surface area contributed by atoms with Crippen LogP contribution in [0.25, 0.3) is 0 Å². The Labute approximate surface area is 108 Å². The first kappa shape index (κ1) is 12.9. The quantitative estimate of drug-likeness (QED) is 0.874. The van der Waals surface area contributed by atoms with Crippen LogP contribution in [-0.4, -0.2) is 34.0 Å². The van der Waals surface area contributed by atoms with Crippen molar-refractivity contribution in [3.8, 4) is 5.75 Å². The summed E-state index contributed by atoms with van der Waals surface area (Å²) in [5.41, 5.74) is 0.710. The summed E-state index contributed by atoms with van der Waals surface area (Å²) >= 11 is 0. The highest BCUT2D eigenvalue weighted by molar-refractivity contribution is 5.96. The van der Waals surface area contributed by atoms with E-state index in [4.69, 9.17) is 0 Å². The summed E-state index contributed by atoms with van der Waals surface area (Å²) in [6, 6.07) is 1.57. The molecule has 1 saturated heterocycles. The Morgan fingerprint density at radius 3 is 2.72 bits per heavy atom. The van der Waals surface area contributed by atoms with Gasteiger partial charge in [-0.25, -0.2) is 0 Å². The highest BCUT2D eigenvalue weighted by Gasteiger charge is 2.31. The number of nitrogens with zero attached hydrogens (tertiary/aromatic N) is 2. The summed E-state index contributed by atoms with van der Waals surface area (Å²) in [5.74, 6) is -0.126. The van der Waals surface area contributed by atoms with Crippen LogP contribution in [0.4, 0.5) is 0 Å². The standard InChI is InChI=1S/C14H20N2O2/c1-3-14(2)5-8-16(9-6-14)13(18)11-4-7-15-10-12(11)17/h4,7,10,17H,3,5-6,8-9H2,1-2H3. The Kier molecular flexibility index (Phi) is 3.55. The lowest BCUT2D eigenvalue weighted by molar-refractivity contribution is 0.0597. The third-order valence-electron chi connectivity index (χ3n) is 4.14. The number of hydrogen-bond acceptors (Lipinski definition) is 3. The molecule has 0 unspecified atom stereocenters. The summed E-state index contributed by atoms with van der Waals surface area (Å²) in [7, 11) is 0. The van der Waals surface area contributed by atoms with Gasteiger partial charge in [-0.15, -0.1) is 0 Å². The number of pyridine rings is 1. The van der Waals surface area contributed by atoms with Crippen LogP contribution in [0.2, 0.25) is 0 Å². The van der Waals surface area contributed by atoms with Crippen LogP contribution >= 0.6 is 0 Å². The van der Waals surface area contributed by atoms with Gasteiger partial charge >= 0.3 is 0 Å². The summed E-state index contributed by atoms with van der Waals surface area (Å²) in [4.78, 5) is 17.9. The molecule has 0 saturated carbocycles. The van der Waals surface area contributed by atoms with Crippen LogP contribution in [0.15, 0.2) is 18.5 Å². The third kappa shape index (κ3) is 2.47. The molecule has 1 fully saturated rings. The fraction of sp³-hybridized carbons (Fsp3) is 0.571. The summed E-state index contributed by atoms with van der Waals surface area (Å²) in [6.07, 6.45) is 6.05. The van der Waals surface area contributed by atoms with Gasteiger partial charge in [0.2, 0.25) is 0 Å². The fourth-order valence-corrected chi connectivity index (χ4v) is 2.34. The number of aromatic hydroxyl groups is 1. The zero-order valence-electron chi connectivity index (χ0n) is 11.0. The molecule has 4 nitrogen and oxygen atoms in total. The molecular formula is C14H20N2O2. The first-order chi connectivity index (χ1) is 8.56. The minimum Gasteiger partial charge on any atom is -0.505 e. The van der Waals surface area contributed by atoms with E-state index in [-0.39, 0.29) is 11.7 Å². The van der Waals surface area contributed by atoms with Crippen LogP contribution in [0.5, 0.6) is 5.75 Å². The normalized spacial score (nSPS) is 18.7. The number of rotatable bonds is 2. The molecule has 0 spiro atoms. The smallest absolute Gasteiger partial charge is 0.257 e. The lowest BCUT2D eigenvalue weighted by atomic mass is 9.78. The van der Waals surface area contributed by atoms with Gasteiger partial charge in [0.25, 0.3) is 5.91 Å². The number of amides is 1. The third-order valence-corrected chi connectivity index (χ3v) is 4.14. The summed E-state index contributed by atoms with van der Waals surface area (Å²) in [5, 5.41) is 9.65. The minimum atomic E-state index is -0.0898. The Balaban J connectivity index is 2.07. The average Bonchev–Trinajstić information content (AvgIpc) is 2.39. The lowest BCUT2D eigenvalue weighted by Crippen LogP contribution is -2.41. The van der Waals surface area contributed by atoms with Crippen molar-refractivity contribution in [1.29, 1.82) is 0 Å². The number of aromatic nitrogens is 1. The van der Waals surface area contributed by atoms with E-state index in [1.54, 1.807) is 6.07 Å². The van der Waals surface area contributed by atoms with E-state index < -0.39 is 0 Å². The number of carbonyl (C=O) groups is 1. The lowest BCUT2D eigenvalue weighted by Gasteiger charge is -2.38. The predicted molar refractivity (Wildman–Crippen MR) is 69.4 cm³/mol. The number of likely N-dealkylation sites (tertiary alicyclic amines) is 1. The molecule has 4 heteroatoms. The molecule has 2 heterocycles. The molecule has 0 aromatic carbocycles. The second kappa shape index (κ2) is 4.96. The van der Waals surface area contributed by atoms with Gasteiger partial charge in [-0.05, 0) is 24.3 Å². The maximum atomic E-state index is 12.3. The first-order valence-electron chi connectivity index (χ1n) is 6.48. The molecule has 1 amide bonds. The molecule has 98 valence electrons. The maximum Gasteiger partial charge on any atom is 0.257 e. The Morgan fingerprint density at radius 2 is 2.17 bits per heavy atom. The van der Waals surface area contributed by atoms with Crippen LogP contribution in [-0.2, 0) is 0 Å². The van der Waals surface area contributed by atoms with Crippen molar-refractivity contribution in [2.24, 2.45) is 5.41 Å². The van der Waals surface area contributed by atoms with Gasteiger partial charge in [-0.1, -0.05) is 20.3 Å². The fourth-order valence-electron chi connectivity index (χ4n) is 2.34. The molecule has 1 aliphatic rings. The minimum absolute atomic E-state index is 0.0358. The van der Waals surface area contributed by atoms with Crippen LogP contribution < -0.4 is 0 Å². The second-order valence-corrected chi connectivity index (χ2v) is 5.35. The van der Waals surface area contributed by atoms with Gasteiger partial charge in [-0.2, -0.15) is 0 Å². The predicted octanol–water partition coefficient (Wildman–Crippen LogP) is 2.44. The molecule has 0 bridgehead atoms. The molecule has 1 aromatic rings. The van der Waals surface area contributed by atoms with Gasteiger partial charge in [-0.3, -0.25) is 9.78 Å². The zero-order valence-corrected chi connectivity index (χ0v) is 11.0. The SMILES string of the molecule is CCC1(C)CCN(C(=O)c2ccncc2O)CC1. The van der Waals surface area contributed by atoms with E-state index in [2.05, 4.69) is 18.8 Å². The van der Waals surface area contributed by atoms with E-state index in [1.807, 2.05) is 4.90 Å². The second-order valence-electron chi connectivity index (χ2n) is 5.35. The van der Waals surface area contributed by atoms with E-state index in [9.17, 15) is 9.90 Å². The molecule has 0 atom stereocenters. The summed E-state index contributed by atoms with van der Waals surface area (Å²) in [6.45, 7) is 6.01. The van der Waals surface area contributed by atoms with Crippen molar-refractivity contribution in [3.63, 3.8) is 0 Å². The number of hydrogen-bond donors (Lipinski definition) is 1. The molecule has 18 heavy (non-hydrogen) atoms. The monoisotopic (exact) mass is 248 g/mol. The topological polar surface area (TPSA) is 53.4 Å². The highest BCUT2D eigenvalue weighted by Crippen LogP contribution is 2.34. The van der Waals surface area contributed by atoms with Crippen molar-refractivity contribution < 1.29 is 9.90 Å². The van der Waals surface area contributed by atoms with Gasteiger partial charge < -0.3 is 10.0 Å². The highest BCUT2D eigenvalue weighted by atomic mass is 16.3. The maximum absolute atomic E-state index is 12.3. The molecule has 2 rings (SSSR count). The van der Waals surface area contributed by atoms with Gasteiger partial charge in [0, 0.05) is 19.3 Å². The van der Waals surface area contributed by atoms with Gasteiger partial charge in [0.15, 0.2) is 0 Å². The van der Waals surface area contributed by atoms with Gasteiger partial charge in [0.1, 0.15) is 5.75 Å². The van der Waals surface area contributed by atoms with Gasteiger partial charge in [0.05, 0.1) is 11.8 Å². The summed E-state index contributed by atoms with van der Waals surface area (Å²) < 4.78 is 0. The largest absolute Gasteiger partial charge is 0.505 e. The molecule has 0 aliphatic carbocycles. The van der Waals surface area contributed by atoms with Crippen molar-refractivity contribution in [2.75, 3.05) is 13.1 Å². The van der Waals surface area contributed by atoms with Crippen molar-refractivity contribution in [1.82, 2.24) is 9.88 Å². The Bertz CT molecular complexity index is 437. The zero-order chi connectivity index (χ0) is 13.2. The molecule has 1 aromatic heterocycles. The van der Waals surface area contributed by atoms with E-state index in [0.29, 0.717) is 11.0 Å². The number of carbonyl (C=O) groups excluding carboxylic acids is 1.